The van der Waals surface area contributed by atoms with Crippen LogP contribution in [0.2, 0.25) is 0 Å². The molecule has 0 radical (unpaired) electrons. The normalized spacial score (nSPS) is 19.9. The molecule has 0 fully saturated rings. The van der Waals surface area contributed by atoms with Crippen molar-refractivity contribution in [3.63, 3.8) is 0 Å². The van der Waals surface area contributed by atoms with Crippen LogP contribution in [0.3, 0.4) is 0 Å². The summed E-state index contributed by atoms with van der Waals surface area (Å²) in [5.74, 6) is 0. The third-order valence-corrected chi connectivity index (χ3v) is 3.15. The van der Waals surface area contributed by atoms with E-state index in [4.69, 9.17) is 0 Å². The minimum Gasteiger partial charge on any atom is -0.354 e. The van der Waals surface area contributed by atoms with Gasteiger partial charge in [0.1, 0.15) is 0 Å². The van der Waals surface area contributed by atoms with E-state index in [2.05, 4.69) is 73.3 Å². The third-order valence-electron chi connectivity index (χ3n) is 3.15. The molecule has 0 saturated carbocycles. The van der Waals surface area contributed by atoms with Crippen molar-refractivity contribution >= 4 is 0 Å². The van der Waals surface area contributed by atoms with Crippen molar-refractivity contribution in [3.8, 4) is 0 Å². The quantitative estimate of drug-likeness (QED) is 0.766. The average Bonchev–Trinajstić information content (AvgIpc) is 2.62. The zero-order chi connectivity index (χ0) is 11.5. The molecule has 0 aromatic heterocycles. The van der Waals surface area contributed by atoms with Gasteiger partial charge in [-0.05, 0) is 26.3 Å². The summed E-state index contributed by atoms with van der Waals surface area (Å²) >= 11 is 0. The van der Waals surface area contributed by atoms with Crippen LogP contribution in [0.5, 0.6) is 0 Å². The Morgan fingerprint density at radius 2 is 1.81 bits per heavy atom. The maximum Gasteiger partial charge on any atom is 0.0983 e. The maximum atomic E-state index is 2.38. The van der Waals surface area contributed by atoms with Crippen LogP contribution in [0.25, 0.3) is 0 Å². The van der Waals surface area contributed by atoms with Gasteiger partial charge in [-0.25, -0.2) is 0 Å². The lowest BCUT2D eigenvalue weighted by molar-refractivity contribution is 0.138. The predicted molar refractivity (Wildman–Crippen MR) is 67.6 cm³/mol. The molecule has 2 nitrogen and oxygen atoms in total. The highest BCUT2D eigenvalue weighted by Crippen LogP contribution is 2.20. The van der Waals surface area contributed by atoms with Gasteiger partial charge in [-0.2, -0.15) is 0 Å². The maximum absolute atomic E-state index is 2.38. The molecule has 0 amide bonds. The lowest BCUT2D eigenvalue weighted by Gasteiger charge is -2.32. The van der Waals surface area contributed by atoms with Gasteiger partial charge in [0.15, 0.2) is 0 Å². The average molecular weight is 216 g/mol. The van der Waals surface area contributed by atoms with Crippen LogP contribution in [-0.2, 0) is 6.54 Å². The Morgan fingerprint density at radius 1 is 1.12 bits per heavy atom. The Bertz CT molecular complexity index is 356. The summed E-state index contributed by atoms with van der Waals surface area (Å²) in [7, 11) is 0. The molecule has 0 aliphatic carbocycles. The van der Waals surface area contributed by atoms with Crippen molar-refractivity contribution in [2.45, 2.75) is 39.5 Å². The molecule has 1 aromatic rings. The first-order valence-corrected chi connectivity index (χ1v) is 5.94. The minimum atomic E-state index is 0.459. The van der Waals surface area contributed by atoms with Gasteiger partial charge < -0.3 is 9.80 Å². The van der Waals surface area contributed by atoms with Crippen LogP contribution >= 0.6 is 0 Å². The molecule has 0 spiro atoms. The van der Waals surface area contributed by atoms with E-state index >= 15 is 0 Å². The van der Waals surface area contributed by atoms with Gasteiger partial charge in [-0.3, -0.25) is 0 Å². The Hall–Kier alpha value is -1.44. The number of hydrogen-bond donors (Lipinski definition) is 0. The van der Waals surface area contributed by atoms with Gasteiger partial charge in [0.05, 0.1) is 6.17 Å². The van der Waals surface area contributed by atoms with Crippen molar-refractivity contribution in [3.05, 3.63) is 48.3 Å². The topological polar surface area (TPSA) is 6.48 Å². The summed E-state index contributed by atoms with van der Waals surface area (Å²) in [6.07, 6.45) is 4.84. The molecule has 16 heavy (non-hydrogen) atoms. The van der Waals surface area contributed by atoms with Gasteiger partial charge >= 0.3 is 0 Å². The Kier molecular flexibility index (Phi) is 3.18. The second kappa shape index (κ2) is 4.60. The summed E-state index contributed by atoms with van der Waals surface area (Å²) in [6.45, 7) is 7.70. The first-order chi connectivity index (χ1) is 7.68. The fourth-order valence-electron chi connectivity index (χ4n) is 2.17. The molecule has 2 heteroatoms. The van der Waals surface area contributed by atoms with Crippen molar-refractivity contribution < 1.29 is 0 Å². The molecule has 1 unspecified atom stereocenters. The number of benzene rings is 1. The van der Waals surface area contributed by atoms with Crippen LogP contribution in [-0.4, -0.2) is 22.0 Å². The summed E-state index contributed by atoms with van der Waals surface area (Å²) in [4.78, 5) is 4.75. The first-order valence-electron chi connectivity index (χ1n) is 5.94. The highest BCUT2D eigenvalue weighted by molar-refractivity contribution is 5.15. The van der Waals surface area contributed by atoms with Crippen LogP contribution in [0, 0.1) is 0 Å². The second-order valence-corrected chi connectivity index (χ2v) is 4.63. The van der Waals surface area contributed by atoms with E-state index in [1.165, 1.54) is 5.56 Å². The molecule has 0 bridgehead atoms. The van der Waals surface area contributed by atoms with Crippen LogP contribution in [0.4, 0.5) is 0 Å². The Morgan fingerprint density at radius 3 is 2.38 bits per heavy atom. The number of nitrogens with zero attached hydrogens (tertiary/aromatic N) is 2. The van der Waals surface area contributed by atoms with Gasteiger partial charge in [0.25, 0.3) is 0 Å². The van der Waals surface area contributed by atoms with Crippen LogP contribution in [0.15, 0.2) is 42.7 Å². The van der Waals surface area contributed by atoms with Gasteiger partial charge in [0, 0.05) is 25.0 Å². The van der Waals surface area contributed by atoms with Gasteiger partial charge in [-0.1, -0.05) is 30.3 Å². The summed E-state index contributed by atoms with van der Waals surface area (Å²) in [5.41, 5.74) is 1.37. The van der Waals surface area contributed by atoms with Gasteiger partial charge in [0.2, 0.25) is 0 Å². The molecule has 1 heterocycles. The molecule has 86 valence electrons. The monoisotopic (exact) mass is 216 g/mol. The second-order valence-electron chi connectivity index (χ2n) is 4.63. The molecule has 0 N–H and O–H groups in total. The van der Waals surface area contributed by atoms with Crippen molar-refractivity contribution in [1.82, 2.24) is 9.80 Å². The molecule has 1 atom stereocenters. The van der Waals surface area contributed by atoms with Crippen molar-refractivity contribution in [2.24, 2.45) is 0 Å². The molecule has 0 saturated heterocycles. The van der Waals surface area contributed by atoms with E-state index in [1.54, 1.807) is 0 Å². The standard InChI is InChI=1S/C14H20N2/c1-12(2)16-10-9-15(13(16)3)11-14-7-5-4-6-8-14/h4-10,12-13H,11H2,1-3H3. The van der Waals surface area contributed by atoms with Gasteiger partial charge in [-0.15, -0.1) is 0 Å². The fraction of sp³-hybridized carbons (Fsp3) is 0.429. The molecule has 1 aliphatic rings. The highest BCUT2D eigenvalue weighted by atomic mass is 15.4. The van der Waals surface area contributed by atoms with Crippen molar-refractivity contribution in [1.29, 1.82) is 0 Å². The van der Waals surface area contributed by atoms with Crippen molar-refractivity contribution in [2.75, 3.05) is 0 Å². The number of rotatable bonds is 3. The van der Waals surface area contributed by atoms with Crippen LogP contribution < -0.4 is 0 Å². The van der Waals surface area contributed by atoms with E-state index in [9.17, 15) is 0 Å². The predicted octanol–water partition coefficient (Wildman–Crippen LogP) is 3.03. The lowest BCUT2D eigenvalue weighted by atomic mass is 10.2. The van der Waals surface area contributed by atoms with E-state index < -0.39 is 0 Å². The summed E-state index contributed by atoms with van der Waals surface area (Å²) in [6, 6.07) is 11.2. The van der Waals surface area contributed by atoms with Crippen LogP contribution in [0.1, 0.15) is 26.3 Å². The van der Waals surface area contributed by atoms with E-state index in [-0.39, 0.29) is 0 Å². The Labute approximate surface area is 98.2 Å². The first kappa shape index (κ1) is 11.1. The molecule has 2 rings (SSSR count). The zero-order valence-corrected chi connectivity index (χ0v) is 10.3. The SMILES string of the molecule is CC(C)N1C=CN(Cc2ccccc2)C1C. The molecule has 1 aromatic carbocycles. The molecule has 1 aliphatic heterocycles. The summed E-state index contributed by atoms with van der Waals surface area (Å²) in [5, 5.41) is 0. The third kappa shape index (κ3) is 2.21. The fourth-order valence-corrected chi connectivity index (χ4v) is 2.17. The van der Waals surface area contributed by atoms with E-state index in [1.807, 2.05) is 0 Å². The minimum absolute atomic E-state index is 0.459. The largest absolute Gasteiger partial charge is 0.354 e. The molecular formula is C14H20N2. The number of hydrogen-bond acceptors (Lipinski definition) is 2. The van der Waals surface area contributed by atoms with E-state index in [0.29, 0.717) is 12.2 Å². The zero-order valence-electron chi connectivity index (χ0n) is 10.3. The van der Waals surface area contributed by atoms with E-state index in [0.717, 1.165) is 6.54 Å². The molecular weight excluding hydrogens is 196 g/mol. The Balaban J connectivity index is 2.01. The highest BCUT2D eigenvalue weighted by Gasteiger charge is 2.23. The lowest BCUT2D eigenvalue weighted by Crippen LogP contribution is -2.39. The smallest absolute Gasteiger partial charge is 0.0983 e. The summed E-state index contributed by atoms with van der Waals surface area (Å²) < 4.78 is 0.